The van der Waals surface area contributed by atoms with E-state index >= 15 is 0 Å². The molecule has 2 aliphatic rings. The zero-order chi connectivity index (χ0) is 20.3. The Bertz CT molecular complexity index is 451. The Hall–Kier alpha value is -0.400. The topological polar surface area (TPSA) is 158 Å². The molecule has 11 atom stereocenters. The summed E-state index contributed by atoms with van der Waals surface area (Å²) in [6.07, 6.45) is -11.4. The van der Waals surface area contributed by atoms with Crippen molar-refractivity contribution in [2.45, 2.75) is 101 Å². The molecule has 0 saturated carbocycles. The van der Waals surface area contributed by atoms with Gasteiger partial charge in [0.1, 0.15) is 42.7 Å². The summed E-state index contributed by atoms with van der Waals surface area (Å²) < 4.78 is 21.9. The van der Waals surface area contributed by atoms with Crippen LogP contribution in [0.15, 0.2) is 0 Å². The number of ether oxygens (including phenoxy) is 4. The van der Waals surface area contributed by atoms with Crippen molar-refractivity contribution in [2.24, 2.45) is 0 Å². The Morgan fingerprint density at radius 1 is 0.815 bits per heavy atom. The molecule has 0 aromatic carbocycles. The second-order valence-corrected chi connectivity index (χ2v) is 7.26. The fraction of sp³-hybridized carbons (Fsp3) is 1.00. The largest absolute Gasteiger partial charge is 0.388 e. The smallest absolute Gasteiger partial charge is 0.186 e. The monoisotopic (exact) mass is 396 g/mol. The maximum absolute atomic E-state index is 10.1. The predicted molar refractivity (Wildman–Crippen MR) is 90.4 cm³/mol. The molecule has 2 rings (SSSR count). The molecular formula is C17H32O10. The summed E-state index contributed by atoms with van der Waals surface area (Å²) >= 11 is 0. The van der Waals surface area contributed by atoms with Gasteiger partial charge in [0.15, 0.2) is 12.6 Å². The minimum atomic E-state index is -1.50. The van der Waals surface area contributed by atoms with E-state index in [2.05, 4.69) is 0 Å². The van der Waals surface area contributed by atoms with E-state index in [1.165, 1.54) is 6.92 Å². The third-order valence-electron chi connectivity index (χ3n) is 4.96. The Kier molecular flexibility index (Phi) is 8.37. The van der Waals surface area contributed by atoms with E-state index in [-0.39, 0.29) is 12.7 Å². The van der Waals surface area contributed by atoms with Crippen LogP contribution in [-0.4, -0.2) is 105 Å². The van der Waals surface area contributed by atoms with Gasteiger partial charge in [-0.1, -0.05) is 13.3 Å². The fourth-order valence-electron chi connectivity index (χ4n) is 3.21. The lowest BCUT2D eigenvalue weighted by Gasteiger charge is -2.43. The minimum absolute atomic E-state index is 0.223. The van der Waals surface area contributed by atoms with Gasteiger partial charge in [-0.3, -0.25) is 0 Å². The van der Waals surface area contributed by atoms with Crippen molar-refractivity contribution >= 4 is 0 Å². The van der Waals surface area contributed by atoms with Gasteiger partial charge in [0.2, 0.25) is 0 Å². The van der Waals surface area contributed by atoms with Crippen molar-refractivity contribution in [3.63, 3.8) is 0 Å². The SMILES string of the molecule is CCCC(C)O[C@@H]1O[C@H](CO[C@@H]2O[C@@H](C)[C@H](O)[C@@H](O)[C@H]2O)[C@@H](O)[C@H](O)[C@H]1O. The lowest BCUT2D eigenvalue weighted by atomic mass is 9.98. The highest BCUT2D eigenvalue weighted by molar-refractivity contribution is 4.91. The van der Waals surface area contributed by atoms with Gasteiger partial charge in [0.25, 0.3) is 0 Å². The first-order valence-electron chi connectivity index (χ1n) is 9.33. The first-order chi connectivity index (χ1) is 12.7. The van der Waals surface area contributed by atoms with Crippen molar-refractivity contribution < 1.29 is 49.6 Å². The molecule has 2 aliphatic heterocycles. The molecule has 2 saturated heterocycles. The molecule has 1 unspecified atom stereocenters. The van der Waals surface area contributed by atoms with E-state index in [1.54, 1.807) is 0 Å². The van der Waals surface area contributed by atoms with E-state index in [4.69, 9.17) is 18.9 Å². The fourth-order valence-corrected chi connectivity index (χ4v) is 3.21. The van der Waals surface area contributed by atoms with Crippen LogP contribution in [0.25, 0.3) is 0 Å². The van der Waals surface area contributed by atoms with Gasteiger partial charge in [-0.25, -0.2) is 0 Å². The van der Waals surface area contributed by atoms with Gasteiger partial charge >= 0.3 is 0 Å². The summed E-state index contributed by atoms with van der Waals surface area (Å²) in [5, 5.41) is 59.7. The van der Waals surface area contributed by atoms with Crippen LogP contribution in [-0.2, 0) is 18.9 Å². The normalized spacial score (nSPS) is 47.0. The first-order valence-corrected chi connectivity index (χ1v) is 9.33. The number of aliphatic hydroxyl groups excluding tert-OH is 6. The first kappa shape index (κ1) is 22.9. The lowest BCUT2D eigenvalue weighted by molar-refractivity contribution is -0.332. The molecule has 160 valence electrons. The van der Waals surface area contributed by atoms with Crippen molar-refractivity contribution in [3.8, 4) is 0 Å². The molecule has 27 heavy (non-hydrogen) atoms. The summed E-state index contributed by atoms with van der Waals surface area (Å²) in [4.78, 5) is 0. The van der Waals surface area contributed by atoms with Crippen LogP contribution in [0.5, 0.6) is 0 Å². The maximum Gasteiger partial charge on any atom is 0.186 e. The van der Waals surface area contributed by atoms with Crippen LogP contribution in [0.3, 0.4) is 0 Å². The highest BCUT2D eigenvalue weighted by Crippen LogP contribution is 2.26. The second-order valence-electron chi connectivity index (χ2n) is 7.26. The predicted octanol–water partition coefficient (Wildman–Crippen LogP) is -2.16. The van der Waals surface area contributed by atoms with Gasteiger partial charge in [-0.15, -0.1) is 0 Å². The number of rotatable bonds is 7. The van der Waals surface area contributed by atoms with Crippen LogP contribution in [0.1, 0.15) is 33.6 Å². The van der Waals surface area contributed by atoms with Gasteiger partial charge < -0.3 is 49.6 Å². The third-order valence-corrected chi connectivity index (χ3v) is 4.96. The Balaban J connectivity index is 1.95. The van der Waals surface area contributed by atoms with Crippen LogP contribution in [0.2, 0.25) is 0 Å². The van der Waals surface area contributed by atoms with E-state index in [0.717, 1.165) is 12.8 Å². The average Bonchev–Trinajstić information content (AvgIpc) is 2.63. The molecular weight excluding hydrogens is 364 g/mol. The Morgan fingerprint density at radius 2 is 1.41 bits per heavy atom. The number of hydrogen-bond donors (Lipinski definition) is 6. The van der Waals surface area contributed by atoms with E-state index in [9.17, 15) is 30.6 Å². The van der Waals surface area contributed by atoms with Crippen molar-refractivity contribution in [1.82, 2.24) is 0 Å². The Labute approximate surface area is 158 Å². The van der Waals surface area contributed by atoms with Gasteiger partial charge in [-0.05, 0) is 20.3 Å². The van der Waals surface area contributed by atoms with Gasteiger partial charge in [0.05, 0.1) is 18.8 Å². The minimum Gasteiger partial charge on any atom is -0.388 e. The van der Waals surface area contributed by atoms with E-state index < -0.39 is 61.4 Å². The van der Waals surface area contributed by atoms with Crippen molar-refractivity contribution in [2.75, 3.05) is 6.61 Å². The van der Waals surface area contributed by atoms with Crippen LogP contribution >= 0.6 is 0 Å². The number of hydrogen-bond acceptors (Lipinski definition) is 10. The molecule has 0 aromatic rings. The zero-order valence-corrected chi connectivity index (χ0v) is 15.8. The molecule has 2 heterocycles. The van der Waals surface area contributed by atoms with Crippen LogP contribution in [0.4, 0.5) is 0 Å². The molecule has 0 amide bonds. The molecule has 0 aliphatic carbocycles. The summed E-state index contributed by atoms with van der Waals surface area (Å²) in [6.45, 7) is 5.00. The van der Waals surface area contributed by atoms with Crippen LogP contribution in [0, 0.1) is 0 Å². The molecule has 0 radical (unpaired) electrons. The maximum atomic E-state index is 10.1. The molecule has 0 aromatic heterocycles. The van der Waals surface area contributed by atoms with Crippen molar-refractivity contribution in [1.29, 1.82) is 0 Å². The quantitative estimate of drug-likeness (QED) is 0.280. The van der Waals surface area contributed by atoms with E-state index in [1.807, 2.05) is 13.8 Å². The highest BCUT2D eigenvalue weighted by Gasteiger charge is 2.47. The van der Waals surface area contributed by atoms with Crippen molar-refractivity contribution in [3.05, 3.63) is 0 Å². The summed E-state index contributed by atoms with van der Waals surface area (Å²) in [6, 6.07) is 0. The summed E-state index contributed by atoms with van der Waals surface area (Å²) in [5.74, 6) is 0. The van der Waals surface area contributed by atoms with Gasteiger partial charge in [0, 0.05) is 0 Å². The second kappa shape index (κ2) is 9.88. The Morgan fingerprint density at radius 3 is 2.04 bits per heavy atom. The lowest BCUT2D eigenvalue weighted by Crippen LogP contribution is -2.61. The summed E-state index contributed by atoms with van der Waals surface area (Å²) in [7, 11) is 0. The standard InChI is InChI=1S/C17H32O10/c1-4-5-7(2)25-17-15(23)13(21)11(19)9(27-17)6-24-16-14(22)12(20)10(18)8(3)26-16/h7-23H,4-6H2,1-3H3/t7?,8-,9+,10-,11+,12+,13-,14+,15+,16+,17+/m0/s1. The van der Waals surface area contributed by atoms with E-state index in [0.29, 0.717) is 0 Å². The number of aliphatic hydroxyl groups is 6. The molecule has 2 fully saturated rings. The molecule has 10 nitrogen and oxygen atoms in total. The molecule has 0 bridgehead atoms. The van der Waals surface area contributed by atoms with Gasteiger partial charge in [-0.2, -0.15) is 0 Å². The molecule has 10 heteroatoms. The molecule has 6 N–H and O–H groups in total. The average molecular weight is 396 g/mol. The highest BCUT2D eigenvalue weighted by atomic mass is 16.7. The van der Waals surface area contributed by atoms with Crippen LogP contribution < -0.4 is 0 Å². The zero-order valence-electron chi connectivity index (χ0n) is 15.8. The third kappa shape index (κ3) is 5.36. The summed E-state index contributed by atoms with van der Waals surface area (Å²) in [5.41, 5.74) is 0. The molecule has 0 spiro atoms.